The van der Waals surface area contributed by atoms with Crippen LogP contribution in [0.3, 0.4) is 0 Å². The summed E-state index contributed by atoms with van der Waals surface area (Å²) in [6.45, 7) is 5.07. The van der Waals surface area contributed by atoms with E-state index in [-0.39, 0.29) is 11.4 Å². The third kappa shape index (κ3) is 4.94. The highest BCUT2D eigenvalue weighted by molar-refractivity contribution is 6.03. The van der Waals surface area contributed by atoms with Crippen LogP contribution >= 0.6 is 0 Å². The summed E-state index contributed by atoms with van der Waals surface area (Å²) in [5.74, 6) is -0.237. The molecule has 3 rings (SSSR count). The number of carbonyl (C=O) groups excluding carboxylic acids is 1. The van der Waals surface area contributed by atoms with Gasteiger partial charge in [-0.1, -0.05) is 12.1 Å². The standard InChI is InChI=1S/C17H20FN5O2/c18-14-4-2-1-3-13(14)17(24)20-16-6-5-15(21-22-16)19-7-8-23-9-11-25-12-10-23/h1-6H,7-12H2,(H,19,21)(H,20,22,24). The monoisotopic (exact) mass is 345 g/mol. The molecule has 25 heavy (non-hydrogen) atoms. The van der Waals surface area contributed by atoms with E-state index in [0.29, 0.717) is 5.82 Å². The van der Waals surface area contributed by atoms with E-state index in [9.17, 15) is 9.18 Å². The van der Waals surface area contributed by atoms with Gasteiger partial charge in [-0.2, -0.15) is 0 Å². The van der Waals surface area contributed by atoms with Crippen molar-refractivity contribution in [3.05, 3.63) is 47.8 Å². The van der Waals surface area contributed by atoms with E-state index in [1.807, 2.05) is 0 Å². The minimum absolute atomic E-state index is 0.0305. The number of aromatic nitrogens is 2. The second-order valence-electron chi connectivity index (χ2n) is 5.62. The van der Waals surface area contributed by atoms with Crippen molar-refractivity contribution in [1.29, 1.82) is 0 Å². The molecule has 132 valence electrons. The Morgan fingerprint density at radius 3 is 2.56 bits per heavy atom. The fourth-order valence-electron chi connectivity index (χ4n) is 2.49. The number of nitrogens with one attached hydrogen (secondary N) is 2. The summed E-state index contributed by atoms with van der Waals surface area (Å²) in [6, 6.07) is 9.14. The van der Waals surface area contributed by atoms with Gasteiger partial charge >= 0.3 is 0 Å². The smallest absolute Gasteiger partial charge is 0.259 e. The van der Waals surface area contributed by atoms with Crippen LogP contribution in [0.4, 0.5) is 16.0 Å². The van der Waals surface area contributed by atoms with Crippen molar-refractivity contribution in [1.82, 2.24) is 15.1 Å². The van der Waals surface area contributed by atoms with E-state index in [1.54, 1.807) is 18.2 Å². The second-order valence-corrected chi connectivity index (χ2v) is 5.62. The molecule has 1 saturated heterocycles. The average molecular weight is 345 g/mol. The Bertz CT molecular complexity index is 704. The highest BCUT2D eigenvalue weighted by atomic mass is 19.1. The van der Waals surface area contributed by atoms with Crippen molar-refractivity contribution in [2.45, 2.75) is 0 Å². The Morgan fingerprint density at radius 2 is 1.84 bits per heavy atom. The van der Waals surface area contributed by atoms with Crippen molar-refractivity contribution in [2.75, 3.05) is 50.0 Å². The predicted molar refractivity (Wildman–Crippen MR) is 92.1 cm³/mol. The Hall–Kier alpha value is -2.58. The van der Waals surface area contributed by atoms with Gasteiger partial charge in [-0.15, -0.1) is 10.2 Å². The van der Waals surface area contributed by atoms with Crippen LogP contribution in [-0.4, -0.2) is 60.4 Å². The van der Waals surface area contributed by atoms with Gasteiger partial charge in [0.2, 0.25) is 0 Å². The highest BCUT2D eigenvalue weighted by Crippen LogP contribution is 2.11. The van der Waals surface area contributed by atoms with Gasteiger partial charge in [0, 0.05) is 26.2 Å². The lowest BCUT2D eigenvalue weighted by Gasteiger charge is -2.26. The van der Waals surface area contributed by atoms with Crippen LogP contribution in [0.1, 0.15) is 10.4 Å². The first kappa shape index (κ1) is 17.2. The number of anilines is 2. The van der Waals surface area contributed by atoms with Crippen molar-refractivity contribution >= 4 is 17.5 Å². The molecule has 1 aromatic carbocycles. The SMILES string of the molecule is O=C(Nc1ccc(NCCN2CCOCC2)nn1)c1ccccc1F. The Balaban J connectivity index is 1.48. The van der Waals surface area contributed by atoms with E-state index in [1.165, 1.54) is 18.2 Å². The fourth-order valence-corrected chi connectivity index (χ4v) is 2.49. The highest BCUT2D eigenvalue weighted by Gasteiger charge is 2.12. The van der Waals surface area contributed by atoms with Gasteiger partial charge in [-0.25, -0.2) is 4.39 Å². The Kier molecular flexibility index (Phi) is 5.86. The number of hydrogen-bond acceptors (Lipinski definition) is 6. The fraction of sp³-hybridized carbons (Fsp3) is 0.353. The first-order valence-electron chi connectivity index (χ1n) is 8.16. The van der Waals surface area contributed by atoms with E-state index in [4.69, 9.17) is 4.74 Å². The second kappa shape index (κ2) is 8.50. The normalized spacial score (nSPS) is 14.9. The quantitative estimate of drug-likeness (QED) is 0.828. The molecule has 8 heteroatoms. The first-order chi connectivity index (χ1) is 12.2. The zero-order chi connectivity index (χ0) is 17.5. The molecular weight excluding hydrogens is 325 g/mol. The van der Waals surface area contributed by atoms with Gasteiger partial charge in [0.05, 0.1) is 18.8 Å². The van der Waals surface area contributed by atoms with Gasteiger partial charge in [0.15, 0.2) is 5.82 Å². The summed E-state index contributed by atoms with van der Waals surface area (Å²) in [4.78, 5) is 14.3. The van der Waals surface area contributed by atoms with Crippen molar-refractivity contribution < 1.29 is 13.9 Å². The van der Waals surface area contributed by atoms with Gasteiger partial charge in [-0.3, -0.25) is 9.69 Å². The lowest BCUT2D eigenvalue weighted by atomic mass is 10.2. The van der Waals surface area contributed by atoms with Crippen LogP contribution in [-0.2, 0) is 4.74 Å². The number of carbonyl (C=O) groups is 1. The number of rotatable bonds is 6. The molecule has 1 aliphatic rings. The number of benzene rings is 1. The molecule has 2 heterocycles. The molecule has 0 saturated carbocycles. The zero-order valence-corrected chi connectivity index (χ0v) is 13.7. The third-order valence-electron chi connectivity index (χ3n) is 3.86. The maximum Gasteiger partial charge on any atom is 0.259 e. The maximum absolute atomic E-state index is 13.6. The molecule has 0 bridgehead atoms. The number of morpholine rings is 1. The van der Waals surface area contributed by atoms with Crippen molar-refractivity contribution in [3.63, 3.8) is 0 Å². The predicted octanol–water partition coefficient (Wildman–Crippen LogP) is 1.61. The topological polar surface area (TPSA) is 79.4 Å². The molecule has 1 fully saturated rings. The van der Waals surface area contributed by atoms with Crippen LogP contribution in [0.5, 0.6) is 0 Å². The molecule has 1 aromatic heterocycles. The summed E-state index contributed by atoms with van der Waals surface area (Å²) >= 11 is 0. The molecule has 1 amide bonds. The van der Waals surface area contributed by atoms with Crippen LogP contribution in [0.2, 0.25) is 0 Å². The number of ether oxygens (including phenoxy) is 1. The number of hydrogen-bond donors (Lipinski definition) is 2. The van der Waals surface area contributed by atoms with Gasteiger partial charge in [0.1, 0.15) is 11.6 Å². The van der Waals surface area contributed by atoms with Gasteiger partial charge < -0.3 is 15.4 Å². The van der Waals surface area contributed by atoms with Crippen LogP contribution < -0.4 is 10.6 Å². The molecule has 0 atom stereocenters. The van der Waals surface area contributed by atoms with Crippen molar-refractivity contribution in [2.24, 2.45) is 0 Å². The van der Waals surface area contributed by atoms with E-state index in [2.05, 4.69) is 25.7 Å². The molecule has 2 N–H and O–H groups in total. The lowest BCUT2D eigenvalue weighted by molar-refractivity contribution is 0.0398. The number of nitrogens with zero attached hydrogens (tertiary/aromatic N) is 3. The van der Waals surface area contributed by atoms with E-state index >= 15 is 0 Å². The van der Waals surface area contributed by atoms with Gasteiger partial charge in [-0.05, 0) is 24.3 Å². The molecule has 0 aliphatic carbocycles. The number of halogens is 1. The molecule has 2 aromatic rings. The first-order valence-corrected chi connectivity index (χ1v) is 8.16. The molecule has 0 spiro atoms. The minimum atomic E-state index is -0.575. The molecule has 7 nitrogen and oxygen atoms in total. The summed E-state index contributed by atoms with van der Waals surface area (Å²) in [6.07, 6.45) is 0. The van der Waals surface area contributed by atoms with E-state index in [0.717, 1.165) is 39.4 Å². The van der Waals surface area contributed by atoms with Crippen molar-refractivity contribution in [3.8, 4) is 0 Å². The van der Waals surface area contributed by atoms with E-state index < -0.39 is 11.7 Å². The van der Waals surface area contributed by atoms with Gasteiger partial charge in [0.25, 0.3) is 5.91 Å². The summed E-state index contributed by atoms with van der Waals surface area (Å²) in [7, 11) is 0. The van der Waals surface area contributed by atoms with Crippen LogP contribution in [0, 0.1) is 5.82 Å². The average Bonchev–Trinajstić information content (AvgIpc) is 2.64. The summed E-state index contributed by atoms with van der Waals surface area (Å²) < 4.78 is 18.9. The largest absolute Gasteiger partial charge is 0.379 e. The maximum atomic E-state index is 13.6. The molecular formula is C17H20FN5O2. The Labute approximate surface area is 145 Å². The van der Waals surface area contributed by atoms with Crippen LogP contribution in [0.25, 0.3) is 0 Å². The summed E-state index contributed by atoms with van der Waals surface area (Å²) in [5, 5.41) is 13.7. The summed E-state index contributed by atoms with van der Waals surface area (Å²) in [5.41, 5.74) is -0.0305. The van der Waals surface area contributed by atoms with Crippen LogP contribution in [0.15, 0.2) is 36.4 Å². The minimum Gasteiger partial charge on any atom is -0.379 e. The molecule has 1 aliphatic heterocycles. The Morgan fingerprint density at radius 1 is 1.12 bits per heavy atom. The number of amides is 1. The lowest BCUT2D eigenvalue weighted by Crippen LogP contribution is -2.39. The molecule has 0 radical (unpaired) electrons. The molecule has 0 unspecified atom stereocenters. The third-order valence-corrected chi connectivity index (χ3v) is 3.86. The zero-order valence-electron chi connectivity index (χ0n) is 13.7.